The largest absolute Gasteiger partial charge is 0.481 e. The van der Waals surface area contributed by atoms with Crippen molar-refractivity contribution in [1.82, 2.24) is 4.72 Å². The number of aliphatic carboxylic acids is 1. The molecule has 19 heavy (non-hydrogen) atoms. The van der Waals surface area contributed by atoms with Crippen molar-refractivity contribution in [2.24, 2.45) is 0 Å². The van der Waals surface area contributed by atoms with Crippen LogP contribution in [-0.4, -0.2) is 63.4 Å². The monoisotopic (exact) mass is 581 g/mol. The number of rotatable bonds is 9. The Kier molecular flexibility index (Phi) is 7.92. The number of sulfone groups is 1. The molecule has 1 atom stereocenters. The molecule has 0 aliphatic heterocycles. The van der Waals surface area contributed by atoms with Gasteiger partial charge in [0.15, 0.2) is 0 Å². The van der Waals surface area contributed by atoms with Crippen molar-refractivity contribution in [3.8, 4) is 0 Å². The van der Waals surface area contributed by atoms with Crippen LogP contribution in [0, 0.1) is 0 Å². The number of aliphatic hydroxyl groups excluding tert-OH is 1. The van der Waals surface area contributed by atoms with Gasteiger partial charge >= 0.3 is 5.97 Å². The second kappa shape index (κ2) is 7.67. The molecule has 1 unspecified atom stereocenters. The molecular formula is C8H17MtNO7S2. The molecule has 0 fully saturated rings. The van der Waals surface area contributed by atoms with Crippen LogP contribution in [0.2, 0.25) is 0 Å². The average molecular weight is 581 g/mol. The predicted octanol–water partition coefficient (Wildman–Crippen LogP) is -1.82. The van der Waals surface area contributed by atoms with Crippen LogP contribution >= 0.6 is 0 Å². The van der Waals surface area contributed by atoms with Gasteiger partial charge in [-0.15, -0.1) is 0 Å². The molecule has 0 aliphatic rings. The van der Waals surface area contributed by atoms with E-state index in [1.165, 1.54) is 0 Å². The molecule has 110 valence electrons. The fraction of sp³-hybridized carbons (Fsp3) is 0.875. The SMILES string of the molecule is CS(=O)(=O)CCCS(=O)(=O)NCC(O)CC(=O)O.[Mt]. The molecule has 3 N–H and O–H groups in total. The Morgan fingerprint density at radius 1 is 1.21 bits per heavy atom. The van der Waals surface area contributed by atoms with Gasteiger partial charge in [0.05, 0.1) is 24.0 Å². The molecule has 0 amide bonds. The molecule has 11 heteroatoms. The summed E-state index contributed by atoms with van der Waals surface area (Å²) in [5.41, 5.74) is 0. The van der Waals surface area contributed by atoms with Gasteiger partial charge in [-0.3, -0.25) is 4.79 Å². The van der Waals surface area contributed by atoms with Crippen molar-refractivity contribution < 1.29 is 31.8 Å². The maximum Gasteiger partial charge on any atom is 0.306 e. The third-order valence-corrected chi connectivity index (χ3v) is 4.34. The van der Waals surface area contributed by atoms with Crippen LogP contribution in [0.1, 0.15) is 12.8 Å². The Labute approximate surface area is 106 Å². The molecule has 0 aliphatic carbocycles. The molecule has 0 aromatic heterocycles. The quantitative estimate of drug-likeness (QED) is 0.292. The molecule has 8 nitrogen and oxygen atoms in total. The molecule has 0 radical (unpaired) electrons. The van der Waals surface area contributed by atoms with Crippen LogP contribution in [0.15, 0.2) is 0 Å². The molecule has 0 saturated carbocycles. The van der Waals surface area contributed by atoms with Gasteiger partial charge in [0.1, 0.15) is 9.84 Å². The van der Waals surface area contributed by atoms with Crippen molar-refractivity contribution in [2.45, 2.75) is 18.9 Å². The maximum atomic E-state index is 11.3. The van der Waals surface area contributed by atoms with Crippen molar-refractivity contribution in [1.29, 1.82) is 0 Å². The van der Waals surface area contributed by atoms with E-state index < -0.39 is 44.9 Å². The van der Waals surface area contributed by atoms with Gasteiger partial charge in [-0.05, 0) is 6.42 Å². The first kappa shape index (κ1) is 19.6. The Bertz CT molecular complexity index is 473. The van der Waals surface area contributed by atoms with Gasteiger partial charge in [-0.1, -0.05) is 0 Å². The summed E-state index contributed by atoms with van der Waals surface area (Å²) < 4.78 is 46.3. The van der Waals surface area contributed by atoms with Gasteiger partial charge in [-0.25, -0.2) is 21.6 Å². The van der Waals surface area contributed by atoms with Crippen LogP contribution in [0.25, 0.3) is 0 Å². The molecule has 0 rings (SSSR count). The van der Waals surface area contributed by atoms with Crippen LogP contribution in [0.5, 0.6) is 0 Å². The third-order valence-electron chi connectivity index (χ3n) is 1.88. The summed E-state index contributed by atoms with van der Waals surface area (Å²) in [6.07, 6.45) is -0.925. The predicted molar refractivity (Wildman–Crippen MR) is 64.4 cm³/mol. The second-order valence-corrected chi connectivity index (χ2v) is 8.09. The zero-order valence-electron chi connectivity index (χ0n) is 10.6. The number of carboxylic acid groups (broad SMARTS) is 1. The fourth-order valence-corrected chi connectivity index (χ4v) is 3.05. The van der Waals surface area contributed by atoms with Crippen LogP contribution in [0.3, 0.4) is 0 Å². The summed E-state index contributed by atoms with van der Waals surface area (Å²) in [5, 5.41) is 17.5. The van der Waals surface area contributed by atoms with E-state index >= 15 is 0 Å². The Morgan fingerprint density at radius 2 is 1.74 bits per heavy atom. The molecule has 0 bridgehead atoms. The van der Waals surface area contributed by atoms with E-state index in [2.05, 4.69) is 0 Å². The molecule has 0 saturated heterocycles. The summed E-state index contributed by atoms with van der Waals surface area (Å²) in [4.78, 5) is 10.2. The first-order valence-corrected chi connectivity index (χ1v) is 8.78. The Balaban J connectivity index is 0. The van der Waals surface area contributed by atoms with Crippen LogP contribution < -0.4 is 4.72 Å². The summed E-state index contributed by atoms with van der Waals surface area (Å²) in [5.74, 6) is -1.87. The normalized spacial score (nSPS) is 13.6. The van der Waals surface area contributed by atoms with Crippen molar-refractivity contribution in [3.63, 3.8) is 0 Å². The maximum absolute atomic E-state index is 11.3. The summed E-state index contributed by atoms with van der Waals surface area (Å²) in [6.45, 7) is -0.409. The van der Waals surface area contributed by atoms with E-state index in [1.54, 1.807) is 0 Å². The van der Waals surface area contributed by atoms with Gasteiger partial charge in [0, 0.05) is 12.8 Å². The van der Waals surface area contributed by atoms with E-state index in [4.69, 9.17) is 10.2 Å². The molecule has 0 aromatic rings. The minimum atomic E-state index is -3.70. The number of aliphatic hydroxyl groups is 1. The zero-order chi connectivity index (χ0) is 14.4. The summed E-state index contributed by atoms with van der Waals surface area (Å²) in [6, 6.07) is 0. The standard InChI is InChI=1S/C8H17NO7S2.Mt/c1-17(13,14)3-2-4-18(15,16)9-6-7(10)5-8(11)12;/h7,9-10H,2-6H2,1H3,(H,11,12);. The Hall–Kier alpha value is -1.71. The smallest absolute Gasteiger partial charge is 0.306 e. The second-order valence-electron chi connectivity index (χ2n) is 3.90. The minimum absolute atomic E-state index is 0. The number of hydrogen-bond donors (Lipinski definition) is 3. The van der Waals surface area contributed by atoms with E-state index in [9.17, 15) is 21.6 Å². The minimum Gasteiger partial charge on any atom is -0.481 e. The topological polar surface area (TPSA) is 138 Å². The number of carbonyl (C=O) groups is 1. The van der Waals surface area contributed by atoms with Crippen molar-refractivity contribution in [2.75, 3.05) is 24.3 Å². The average Bonchev–Trinajstić information content (AvgIpc) is 2.11. The third kappa shape index (κ3) is 12.5. The number of nitrogens with one attached hydrogen (secondary N) is 1. The number of sulfonamides is 1. The van der Waals surface area contributed by atoms with E-state index in [1.807, 2.05) is 4.72 Å². The molecule has 0 spiro atoms. The van der Waals surface area contributed by atoms with Crippen LogP contribution in [-0.2, 0) is 24.7 Å². The Morgan fingerprint density at radius 3 is 2.16 bits per heavy atom. The van der Waals surface area contributed by atoms with Gasteiger partial charge in [0.2, 0.25) is 10.0 Å². The molecule has 0 heterocycles. The van der Waals surface area contributed by atoms with Gasteiger partial charge < -0.3 is 10.2 Å². The molecule has 0 aromatic carbocycles. The zero-order valence-corrected chi connectivity index (χ0v) is 18.8. The first-order chi connectivity index (χ1) is 8.02. The summed E-state index contributed by atoms with van der Waals surface area (Å²) in [7, 11) is -6.92. The number of carboxylic acids is 1. The van der Waals surface area contributed by atoms with Gasteiger partial charge in [0.25, 0.3) is 0 Å². The van der Waals surface area contributed by atoms with E-state index in [0.29, 0.717) is 0 Å². The van der Waals surface area contributed by atoms with Crippen LogP contribution in [0.4, 0.5) is 0 Å². The van der Waals surface area contributed by atoms with E-state index in [-0.39, 0.29) is 17.9 Å². The molecular weight excluding hydrogens is 564 g/mol. The van der Waals surface area contributed by atoms with Crippen molar-refractivity contribution >= 4 is 25.8 Å². The fourth-order valence-electron chi connectivity index (χ4n) is 1.08. The van der Waals surface area contributed by atoms with Gasteiger partial charge in [-0.2, -0.15) is 0 Å². The summed E-state index contributed by atoms with van der Waals surface area (Å²) >= 11 is 0. The van der Waals surface area contributed by atoms with E-state index in [0.717, 1.165) is 6.26 Å². The van der Waals surface area contributed by atoms with Crippen molar-refractivity contribution in [3.05, 3.63) is 0 Å². The number of hydrogen-bond acceptors (Lipinski definition) is 6. The first-order valence-electron chi connectivity index (χ1n) is 5.07.